The van der Waals surface area contributed by atoms with Gasteiger partial charge in [-0.2, -0.15) is 5.10 Å². The molecule has 0 saturated heterocycles. The number of fused-ring (bicyclic) bond motifs is 1. The highest BCUT2D eigenvalue weighted by Gasteiger charge is 1.91. The van der Waals surface area contributed by atoms with Gasteiger partial charge in [-0.25, -0.2) is 9.50 Å². The van der Waals surface area contributed by atoms with Gasteiger partial charge in [0.05, 0.1) is 5.69 Å². The molecule has 0 bridgehead atoms. The maximum absolute atomic E-state index is 4.19. The third-order valence-corrected chi connectivity index (χ3v) is 1.39. The molecular formula is C11H19N3. The molecule has 0 aliphatic rings. The monoisotopic (exact) mass is 193 g/mol. The van der Waals surface area contributed by atoms with Crippen LogP contribution in [0, 0.1) is 6.92 Å². The molecule has 0 aromatic carbocycles. The Morgan fingerprint density at radius 1 is 1.07 bits per heavy atom. The predicted molar refractivity (Wildman–Crippen MR) is 60.4 cm³/mol. The van der Waals surface area contributed by atoms with Crippen LogP contribution in [0.15, 0.2) is 24.5 Å². The van der Waals surface area contributed by atoms with Crippen molar-refractivity contribution in [2.45, 2.75) is 34.6 Å². The van der Waals surface area contributed by atoms with E-state index in [2.05, 4.69) is 10.1 Å². The fourth-order valence-electron chi connectivity index (χ4n) is 0.911. The topological polar surface area (TPSA) is 30.2 Å². The van der Waals surface area contributed by atoms with Crippen molar-refractivity contribution < 1.29 is 0 Å². The standard InChI is InChI=1S/C7H7N3.2C2H6/c1-6-2-3-7-8-4-5-10(7)9-6;2*1-2/h2-5H,1H3;2*1-2H3. The first-order valence-corrected chi connectivity index (χ1v) is 5.13. The van der Waals surface area contributed by atoms with Gasteiger partial charge in [-0.1, -0.05) is 27.7 Å². The van der Waals surface area contributed by atoms with Gasteiger partial charge < -0.3 is 0 Å². The number of rotatable bonds is 0. The van der Waals surface area contributed by atoms with Gasteiger partial charge >= 0.3 is 0 Å². The Bertz CT molecular complexity index is 352. The molecule has 2 heterocycles. The van der Waals surface area contributed by atoms with Gasteiger partial charge in [-0.15, -0.1) is 0 Å². The van der Waals surface area contributed by atoms with Gasteiger partial charge in [0.1, 0.15) is 0 Å². The number of aryl methyl sites for hydroxylation is 1. The highest BCUT2D eigenvalue weighted by atomic mass is 15.2. The van der Waals surface area contributed by atoms with Crippen LogP contribution >= 0.6 is 0 Å². The summed E-state index contributed by atoms with van der Waals surface area (Å²) < 4.78 is 1.76. The maximum Gasteiger partial charge on any atom is 0.153 e. The van der Waals surface area contributed by atoms with E-state index in [1.54, 1.807) is 10.7 Å². The third-order valence-electron chi connectivity index (χ3n) is 1.39. The molecule has 0 saturated carbocycles. The predicted octanol–water partition coefficient (Wildman–Crippen LogP) is 3.09. The lowest BCUT2D eigenvalue weighted by molar-refractivity contribution is 0.901. The van der Waals surface area contributed by atoms with Crippen LogP contribution in [0.1, 0.15) is 33.4 Å². The van der Waals surface area contributed by atoms with Crippen molar-refractivity contribution in [1.29, 1.82) is 0 Å². The number of nitrogens with zero attached hydrogens (tertiary/aromatic N) is 3. The average Bonchev–Trinajstić information content (AvgIpc) is 2.71. The summed E-state index contributed by atoms with van der Waals surface area (Å²) in [6, 6.07) is 3.89. The van der Waals surface area contributed by atoms with Crippen LogP contribution in [0.25, 0.3) is 5.65 Å². The lowest BCUT2D eigenvalue weighted by atomic mass is 10.4. The first-order chi connectivity index (χ1) is 6.86. The fraction of sp³-hybridized carbons (Fsp3) is 0.455. The van der Waals surface area contributed by atoms with Crippen LogP contribution in [0.5, 0.6) is 0 Å². The van der Waals surface area contributed by atoms with Crippen molar-refractivity contribution in [2.75, 3.05) is 0 Å². The van der Waals surface area contributed by atoms with E-state index in [1.165, 1.54) is 0 Å². The molecule has 0 aliphatic heterocycles. The fourth-order valence-corrected chi connectivity index (χ4v) is 0.911. The van der Waals surface area contributed by atoms with Crippen molar-refractivity contribution in [3.8, 4) is 0 Å². The van der Waals surface area contributed by atoms with E-state index in [4.69, 9.17) is 0 Å². The zero-order valence-corrected chi connectivity index (χ0v) is 9.65. The molecule has 0 radical (unpaired) electrons. The molecule has 0 unspecified atom stereocenters. The molecule has 0 atom stereocenters. The minimum absolute atomic E-state index is 0.894. The molecule has 2 aromatic rings. The second kappa shape index (κ2) is 7.06. The van der Waals surface area contributed by atoms with E-state index in [0.717, 1.165) is 11.3 Å². The summed E-state index contributed by atoms with van der Waals surface area (Å²) in [5.41, 5.74) is 1.90. The first kappa shape index (κ1) is 12.6. The lowest BCUT2D eigenvalue weighted by Crippen LogP contribution is -1.91. The van der Waals surface area contributed by atoms with Gasteiger partial charge in [0, 0.05) is 12.4 Å². The van der Waals surface area contributed by atoms with E-state index >= 15 is 0 Å². The number of aromatic nitrogens is 3. The van der Waals surface area contributed by atoms with Crippen LogP contribution in [-0.2, 0) is 0 Å². The van der Waals surface area contributed by atoms with Crippen molar-refractivity contribution in [1.82, 2.24) is 14.6 Å². The van der Waals surface area contributed by atoms with E-state index in [1.807, 2.05) is 52.9 Å². The third kappa shape index (κ3) is 3.17. The lowest BCUT2D eigenvalue weighted by Gasteiger charge is -1.91. The van der Waals surface area contributed by atoms with Crippen LogP contribution in [0.3, 0.4) is 0 Å². The summed E-state index contributed by atoms with van der Waals surface area (Å²) in [5.74, 6) is 0. The van der Waals surface area contributed by atoms with Crippen molar-refractivity contribution >= 4 is 5.65 Å². The molecule has 0 spiro atoms. The van der Waals surface area contributed by atoms with Gasteiger partial charge in [-0.3, -0.25) is 0 Å². The van der Waals surface area contributed by atoms with E-state index in [-0.39, 0.29) is 0 Å². The molecule has 0 fully saturated rings. The molecule has 0 aliphatic carbocycles. The van der Waals surface area contributed by atoms with Crippen molar-refractivity contribution in [3.05, 3.63) is 30.2 Å². The number of hydrogen-bond acceptors (Lipinski definition) is 2. The SMILES string of the molecule is CC.CC.Cc1ccc2nccn2n1. The second-order valence-corrected chi connectivity index (χ2v) is 2.20. The molecule has 3 nitrogen and oxygen atoms in total. The molecule has 3 heteroatoms. The zero-order valence-electron chi connectivity index (χ0n) is 9.65. The Morgan fingerprint density at radius 3 is 2.36 bits per heavy atom. The molecule has 2 rings (SSSR count). The maximum atomic E-state index is 4.19. The number of imidazole rings is 1. The Balaban J connectivity index is 0.000000379. The van der Waals surface area contributed by atoms with Gasteiger partial charge in [0.15, 0.2) is 5.65 Å². The van der Waals surface area contributed by atoms with E-state index in [0.29, 0.717) is 0 Å². The molecule has 0 amide bonds. The van der Waals surface area contributed by atoms with Gasteiger partial charge in [0.2, 0.25) is 0 Å². The summed E-state index contributed by atoms with van der Waals surface area (Å²) in [5, 5.41) is 4.19. The highest BCUT2D eigenvalue weighted by molar-refractivity contribution is 5.35. The first-order valence-electron chi connectivity index (χ1n) is 5.13. The summed E-state index contributed by atoms with van der Waals surface area (Å²) in [4.78, 5) is 4.06. The van der Waals surface area contributed by atoms with E-state index < -0.39 is 0 Å². The minimum atomic E-state index is 0.894. The Kier molecular flexibility index (Phi) is 6.37. The molecule has 2 aromatic heterocycles. The summed E-state index contributed by atoms with van der Waals surface area (Å²) in [7, 11) is 0. The van der Waals surface area contributed by atoms with Crippen LogP contribution < -0.4 is 0 Å². The average molecular weight is 193 g/mol. The van der Waals surface area contributed by atoms with Gasteiger partial charge in [-0.05, 0) is 19.1 Å². The molecular weight excluding hydrogens is 174 g/mol. The largest absolute Gasteiger partial charge is 0.236 e. The Morgan fingerprint density at radius 2 is 1.71 bits per heavy atom. The van der Waals surface area contributed by atoms with E-state index in [9.17, 15) is 0 Å². The Hall–Kier alpha value is -1.38. The van der Waals surface area contributed by atoms with Gasteiger partial charge in [0.25, 0.3) is 0 Å². The van der Waals surface area contributed by atoms with Crippen LogP contribution in [0.2, 0.25) is 0 Å². The zero-order chi connectivity index (χ0) is 11.0. The smallest absolute Gasteiger partial charge is 0.153 e. The normalized spacial score (nSPS) is 8.36. The minimum Gasteiger partial charge on any atom is -0.236 e. The Labute approximate surface area is 85.8 Å². The summed E-state index contributed by atoms with van der Waals surface area (Å²) in [6.45, 7) is 9.96. The summed E-state index contributed by atoms with van der Waals surface area (Å²) >= 11 is 0. The second-order valence-electron chi connectivity index (χ2n) is 2.20. The van der Waals surface area contributed by atoms with Crippen molar-refractivity contribution in [3.63, 3.8) is 0 Å². The molecule has 14 heavy (non-hydrogen) atoms. The molecule has 0 N–H and O–H groups in total. The van der Waals surface area contributed by atoms with Crippen LogP contribution in [-0.4, -0.2) is 14.6 Å². The highest BCUT2D eigenvalue weighted by Crippen LogP contribution is 1.97. The number of hydrogen-bond donors (Lipinski definition) is 0. The summed E-state index contributed by atoms with van der Waals surface area (Å²) in [6.07, 6.45) is 3.57. The molecule has 78 valence electrons. The van der Waals surface area contributed by atoms with Crippen molar-refractivity contribution in [2.24, 2.45) is 0 Å². The van der Waals surface area contributed by atoms with Crippen LogP contribution in [0.4, 0.5) is 0 Å². The quantitative estimate of drug-likeness (QED) is 0.643.